The standard InChI is InChI=1S/C12H22BrN/c1-2-14-8-7-12(10-14)5-3-11(9-13)4-6-12/h11H,2-10H2,1H3. The van der Waals surface area contributed by atoms with Crippen LogP contribution >= 0.6 is 15.9 Å². The highest BCUT2D eigenvalue weighted by molar-refractivity contribution is 9.09. The molecule has 0 aromatic heterocycles. The van der Waals surface area contributed by atoms with Gasteiger partial charge in [-0.25, -0.2) is 0 Å². The number of nitrogens with zero attached hydrogens (tertiary/aromatic N) is 1. The molecule has 0 aromatic rings. The van der Waals surface area contributed by atoms with Crippen molar-refractivity contribution < 1.29 is 0 Å². The highest BCUT2D eigenvalue weighted by Gasteiger charge is 2.39. The van der Waals surface area contributed by atoms with Gasteiger partial charge in [0, 0.05) is 11.9 Å². The van der Waals surface area contributed by atoms with Gasteiger partial charge < -0.3 is 4.90 Å². The van der Waals surface area contributed by atoms with Crippen LogP contribution in [0.3, 0.4) is 0 Å². The Balaban J connectivity index is 1.87. The fourth-order valence-electron chi connectivity index (χ4n) is 3.15. The molecule has 0 radical (unpaired) electrons. The second kappa shape index (κ2) is 4.52. The van der Waals surface area contributed by atoms with E-state index in [1.54, 1.807) is 0 Å². The normalized spacial score (nSPS) is 39.4. The summed E-state index contributed by atoms with van der Waals surface area (Å²) in [7, 11) is 0. The summed E-state index contributed by atoms with van der Waals surface area (Å²) in [6, 6.07) is 0. The second-order valence-electron chi connectivity index (χ2n) is 5.22. The van der Waals surface area contributed by atoms with Gasteiger partial charge in [0.15, 0.2) is 0 Å². The Morgan fingerprint density at radius 2 is 2.00 bits per heavy atom. The highest BCUT2D eigenvalue weighted by Crippen LogP contribution is 2.45. The van der Waals surface area contributed by atoms with E-state index in [0.717, 1.165) is 11.3 Å². The van der Waals surface area contributed by atoms with Crippen LogP contribution in [0.1, 0.15) is 39.0 Å². The molecular weight excluding hydrogens is 238 g/mol. The summed E-state index contributed by atoms with van der Waals surface area (Å²) in [5.41, 5.74) is 0.731. The fourth-order valence-corrected chi connectivity index (χ4v) is 3.80. The minimum atomic E-state index is 0.731. The largest absolute Gasteiger partial charge is 0.303 e. The maximum absolute atomic E-state index is 3.62. The Hall–Kier alpha value is 0.440. The fraction of sp³-hybridized carbons (Fsp3) is 1.00. The van der Waals surface area contributed by atoms with E-state index in [1.165, 1.54) is 57.1 Å². The van der Waals surface area contributed by atoms with Gasteiger partial charge in [0.25, 0.3) is 0 Å². The van der Waals surface area contributed by atoms with E-state index in [4.69, 9.17) is 0 Å². The molecule has 0 unspecified atom stereocenters. The highest BCUT2D eigenvalue weighted by atomic mass is 79.9. The zero-order chi connectivity index (χ0) is 10.0. The van der Waals surface area contributed by atoms with E-state index in [-0.39, 0.29) is 0 Å². The molecule has 2 aliphatic rings. The van der Waals surface area contributed by atoms with Crippen molar-refractivity contribution in [3.05, 3.63) is 0 Å². The molecule has 1 aliphatic carbocycles. The van der Waals surface area contributed by atoms with Crippen LogP contribution in [0.4, 0.5) is 0 Å². The third-order valence-corrected chi connectivity index (χ3v) is 5.26. The number of hydrogen-bond acceptors (Lipinski definition) is 1. The smallest absolute Gasteiger partial charge is 0.00596 e. The van der Waals surface area contributed by atoms with Crippen LogP contribution in [0.2, 0.25) is 0 Å². The van der Waals surface area contributed by atoms with Gasteiger partial charge in [-0.3, -0.25) is 0 Å². The number of halogens is 1. The quantitative estimate of drug-likeness (QED) is 0.689. The molecule has 0 bridgehead atoms. The first-order valence-corrected chi connectivity index (χ1v) is 7.18. The van der Waals surface area contributed by atoms with Gasteiger partial charge in [-0.05, 0) is 56.5 Å². The monoisotopic (exact) mass is 259 g/mol. The molecule has 2 fully saturated rings. The number of likely N-dealkylation sites (tertiary alicyclic amines) is 1. The van der Waals surface area contributed by atoms with Crippen LogP contribution in [0.5, 0.6) is 0 Å². The topological polar surface area (TPSA) is 3.24 Å². The van der Waals surface area contributed by atoms with Crippen molar-refractivity contribution in [1.82, 2.24) is 4.90 Å². The molecule has 2 heteroatoms. The molecule has 82 valence electrons. The summed E-state index contributed by atoms with van der Waals surface area (Å²) in [5, 5.41) is 1.22. The van der Waals surface area contributed by atoms with Crippen molar-refractivity contribution in [2.45, 2.75) is 39.0 Å². The molecule has 1 aliphatic heterocycles. The third-order valence-electron chi connectivity index (χ3n) is 4.35. The molecule has 0 aromatic carbocycles. The van der Waals surface area contributed by atoms with Crippen molar-refractivity contribution in [3.8, 4) is 0 Å². The Morgan fingerprint density at radius 3 is 2.50 bits per heavy atom. The molecule has 1 heterocycles. The zero-order valence-electron chi connectivity index (χ0n) is 9.27. The third kappa shape index (κ3) is 2.16. The van der Waals surface area contributed by atoms with E-state index >= 15 is 0 Å². The van der Waals surface area contributed by atoms with Crippen molar-refractivity contribution in [2.75, 3.05) is 25.0 Å². The predicted molar refractivity (Wildman–Crippen MR) is 64.9 cm³/mol. The lowest BCUT2D eigenvalue weighted by molar-refractivity contribution is 0.160. The van der Waals surface area contributed by atoms with Crippen molar-refractivity contribution >= 4 is 15.9 Å². The van der Waals surface area contributed by atoms with Gasteiger partial charge in [-0.2, -0.15) is 0 Å². The van der Waals surface area contributed by atoms with Crippen LogP contribution in [0.25, 0.3) is 0 Å². The first kappa shape index (κ1) is 10.9. The molecular formula is C12H22BrN. The molecule has 0 amide bonds. The summed E-state index contributed by atoms with van der Waals surface area (Å²) in [6.07, 6.45) is 7.36. The van der Waals surface area contributed by atoms with Crippen LogP contribution in [0, 0.1) is 11.3 Å². The van der Waals surface area contributed by atoms with Crippen LogP contribution in [0.15, 0.2) is 0 Å². The summed E-state index contributed by atoms with van der Waals surface area (Å²) < 4.78 is 0. The minimum Gasteiger partial charge on any atom is -0.303 e. The molecule has 2 rings (SSSR count). The number of hydrogen-bond donors (Lipinski definition) is 0. The average molecular weight is 260 g/mol. The van der Waals surface area contributed by atoms with Gasteiger partial charge in [-0.1, -0.05) is 22.9 Å². The maximum Gasteiger partial charge on any atom is 0.00596 e. The summed E-state index contributed by atoms with van der Waals surface area (Å²) in [6.45, 7) is 6.29. The summed E-state index contributed by atoms with van der Waals surface area (Å²) in [4.78, 5) is 2.63. The van der Waals surface area contributed by atoms with Gasteiger partial charge in [-0.15, -0.1) is 0 Å². The van der Waals surface area contributed by atoms with Gasteiger partial charge in [0.2, 0.25) is 0 Å². The molecule has 1 spiro atoms. The molecule has 1 saturated carbocycles. The van der Waals surface area contributed by atoms with Crippen molar-refractivity contribution in [2.24, 2.45) is 11.3 Å². The molecule has 0 N–H and O–H groups in total. The van der Waals surface area contributed by atoms with Crippen molar-refractivity contribution in [1.29, 1.82) is 0 Å². The van der Waals surface area contributed by atoms with Crippen molar-refractivity contribution in [3.63, 3.8) is 0 Å². The predicted octanol–water partition coefficient (Wildman–Crippen LogP) is 3.28. The molecule has 1 nitrogen and oxygen atoms in total. The van der Waals surface area contributed by atoms with Gasteiger partial charge in [0.05, 0.1) is 0 Å². The maximum atomic E-state index is 3.62. The Morgan fingerprint density at radius 1 is 1.29 bits per heavy atom. The van der Waals surface area contributed by atoms with E-state index < -0.39 is 0 Å². The van der Waals surface area contributed by atoms with E-state index in [9.17, 15) is 0 Å². The number of alkyl halides is 1. The van der Waals surface area contributed by atoms with E-state index in [1.807, 2.05) is 0 Å². The van der Waals surface area contributed by atoms with Gasteiger partial charge in [0.1, 0.15) is 0 Å². The lowest BCUT2D eigenvalue weighted by atomic mass is 9.70. The Labute approximate surface area is 96.4 Å². The van der Waals surface area contributed by atoms with Crippen LogP contribution in [-0.2, 0) is 0 Å². The SMILES string of the molecule is CCN1CCC2(CCC(CBr)CC2)C1. The summed E-state index contributed by atoms with van der Waals surface area (Å²) >= 11 is 3.62. The van der Waals surface area contributed by atoms with Crippen LogP contribution < -0.4 is 0 Å². The van der Waals surface area contributed by atoms with Crippen LogP contribution in [-0.4, -0.2) is 29.9 Å². The lowest BCUT2D eigenvalue weighted by Crippen LogP contribution is -2.31. The minimum absolute atomic E-state index is 0.731. The zero-order valence-corrected chi connectivity index (χ0v) is 10.9. The Kier molecular flexibility index (Phi) is 3.54. The molecule has 0 atom stereocenters. The molecule has 1 saturated heterocycles. The average Bonchev–Trinajstić information content (AvgIpc) is 2.63. The van der Waals surface area contributed by atoms with E-state index in [2.05, 4.69) is 27.8 Å². The number of rotatable bonds is 2. The first-order valence-electron chi connectivity index (χ1n) is 6.06. The summed E-state index contributed by atoms with van der Waals surface area (Å²) in [5.74, 6) is 0.969. The first-order chi connectivity index (χ1) is 6.78. The second-order valence-corrected chi connectivity index (χ2v) is 5.86. The van der Waals surface area contributed by atoms with E-state index in [0.29, 0.717) is 0 Å². The lowest BCUT2D eigenvalue weighted by Gasteiger charge is -2.36. The Bertz CT molecular complexity index is 185. The van der Waals surface area contributed by atoms with Gasteiger partial charge >= 0.3 is 0 Å². The molecule has 14 heavy (non-hydrogen) atoms.